The van der Waals surface area contributed by atoms with E-state index in [1.165, 1.54) is 31.4 Å². The van der Waals surface area contributed by atoms with Crippen molar-refractivity contribution >= 4 is 0 Å². The molecule has 0 saturated carbocycles. The Kier molecular flexibility index (Phi) is 7.53. The number of piperidine rings is 1. The molecule has 0 aromatic heterocycles. The molecule has 0 aliphatic carbocycles. The quantitative estimate of drug-likeness (QED) is 0.559. The number of likely N-dealkylation sites (tertiary alicyclic amines) is 1. The highest BCUT2D eigenvalue weighted by molar-refractivity contribution is 5.29. The third kappa shape index (κ3) is 6.27. The van der Waals surface area contributed by atoms with E-state index in [4.69, 9.17) is 4.74 Å². The van der Waals surface area contributed by atoms with Gasteiger partial charge >= 0.3 is 6.18 Å². The second-order valence-corrected chi connectivity index (χ2v) is 8.13. The molecule has 0 N–H and O–H groups in total. The molecule has 1 aliphatic rings. The Balaban J connectivity index is 1.79. The van der Waals surface area contributed by atoms with Crippen molar-refractivity contribution < 1.29 is 17.9 Å². The fourth-order valence-electron chi connectivity index (χ4n) is 3.71. The summed E-state index contributed by atoms with van der Waals surface area (Å²) in [5.74, 6) is 0.810. The number of hydrogen-bond donors (Lipinski definition) is 0. The number of nitrogens with zero attached hydrogens (tertiary/aromatic N) is 1. The molecular weight excluding hydrogens is 339 g/mol. The van der Waals surface area contributed by atoms with Gasteiger partial charge in [0, 0.05) is 13.7 Å². The van der Waals surface area contributed by atoms with Gasteiger partial charge < -0.3 is 9.64 Å². The summed E-state index contributed by atoms with van der Waals surface area (Å²) < 4.78 is 43.3. The van der Waals surface area contributed by atoms with E-state index in [-0.39, 0.29) is 5.41 Å². The molecule has 0 unspecified atom stereocenters. The van der Waals surface area contributed by atoms with Gasteiger partial charge in [0.1, 0.15) is 0 Å². The van der Waals surface area contributed by atoms with Gasteiger partial charge in [0.25, 0.3) is 0 Å². The Labute approximate surface area is 155 Å². The first-order valence-corrected chi connectivity index (χ1v) is 9.61. The molecule has 0 spiro atoms. The maximum atomic E-state index is 12.7. The normalized spacial score (nSPS) is 17.6. The summed E-state index contributed by atoms with van der Waals surface area (Å²) in [4.78, 5) is 2.50. The zero-order valence-electron chi connectivity index (χ0n) is 16.2. The van der Waals surface area contributed by atoms with Crippen LogP contribution in [0.4, 0.5) is 13.2 Å². The predicted molar refractivity (Wildman–Crippen MR) is 99.4 cm³/mol. The minimum absolute atomic E-state index is 0.126. The van der Waals surface area contributed by atoms with Gasteiger partial charge in [0.15, 0.2) is 0 Å². The molecule has 2 rings (SSSR count). The molecule has 0 radical (unpaired) electrons. The molecule has 1 aliphatic heterocycles. The number of alkyl halides is 3. The molecule has 148 valence electrons. The van der Waals surface area contributed by atoms with Gasteiger partial charge in [-0.05, 0) is 80.8 Å². The third-order valence-electron chi connectivity index (χ3n) is 5.71. The lowest BCUT2D eigenvalue weighted by Gasteiger charge is -2.35. The lowest BCUT2D eigenvalue weighted by atomic mass is 9.81. The van der Waals surface area contributed by atoms with Crippen LogP contribution in [0.1, 0.15) is 57.1 Å². The lowest BCUT2D eigenvalue weighted by Crippen LogP contribution is -2.36. The van der Waals surface area contributed by atoms with Crippen LogP contribution in [-0.4, -0.2) is 38.3 Å². The average Bonchev–Trinajstić information content (AvgIpc) is 2.61. The number of halogens is 3. The third-order valence-corrected chi connectivity index (χ3v) is 5.71. The second kappa shape index (κ2) is 9.23. The van der Waals surface area contributed by atoms with Crippen molar-refractivity contribution in [3.05, 3.63) is 35.4 Å². The molecular formula is C21H32F3NO. The van der Waals surface area contributed by atoms with Crippen molar-refractivity contribution in [2.24, 2.45) is 5.92 Å². The first-order valence-electron chi connectivity index (χ1n) is 9.61. The van der Waals surface area contributed by atoms with E-state index in [9.17, 15) is 13.2 Å². The predicted octanol–water partition coefficient (Wildman–Crippen LogP) is 5.51. The number of benzene rings is 1. The van der Waals surface area contributed by atoms with Crippen LogP contribution >= 0.6 is 0 Å². The zero-order valence-corrected chi connectivity index (χ0v) is 16.2. The van der Waals surface area contributed by atoms with Crippen molar-refractivity contribution in [3.63, 3.8) is 0 Å². The number of methoxy groups -OCH3 is 1. The fraction of sp³-hybridized carbons (Fsp3) is 0.714. The summed E-state index contributed by atoms with van der Waals surface area (Å²) >= 11 is 0. The van der Waals surface area contributed by atoms with Crippen LogP contribution in [0.5, 0.6) is 0 Å². The summed E-state index contributed by atoms with van der Waals surface area (Å²) in [6.07, 6.45) is 1.55. The van der Waals surface area contributed by atoms with Crippen molar-refractivity contribution in [2.45, 2.75) is 57.5 Å². The molecule has 2 nitrogen and oxygen atoms in total. The molecule has 1 aromatic carbocycles. The SMILES string of the molecule is COCCCC1CCN(CCC(C)(C)c2ccc(C(F)(F)F)cc2)CC1. The van der Waals surface area contributed by atoms with E-state index in [0.29, 0.717) is 0 Å². The van der Waals surface area contributed by atoms with Crippen LogP contribution in [-0.2, 0) is 16.3 Å². The molecule has 0 atom stereocenters. The highest BCUT2D eigenvalue weighted by atomic mass is 19.4. The Hall–Kier alpha value is -1.07. The molecule has 26 heavy (non-hydrogen) atoms. The molecule has 1 heterocycles. The van der Waals surface area contributed by atoms with Gasteiger partial charge in [-0.1, -0.05) is 26.0 Å². The molecule has 1 aromatic rings. The Morgan fingerprint density at radius 3 is 2.15 bits per heavy atom. The summed E-state index contributed by atoms with van der Waals surface area (Å²) in [6, 6.07) is 5.65. The zero-order chi connectivity index (χ0) is 19.2. The highest BCUT2D eigenvalue weighted by Crippen LogP contribution is 2.33. The summed E-state index contributed by atoms with van der Waals surface area (Å²) in [7, 11) is 1.75. The lowest BCUT2D eigenvalue weighted by molar-refractivity contribution is -0.137. The molecule has 1 fully saturated rings. The Morgan fingerprint density at radius 1 is 1.04 bits per heavy atom. The Bertz CT molecular complexity index is 531. The molecule has 1 saturated heterocycles. The van der Waals surface area contributed by atoms with Gasteiger partial charge in [-0.25, -0.2) is 0 Å². The van der Waals surface area contributed by atoms with Crippen molar-refractivity contribution in [3.8, 4) is 0 Å². The van der Waals surface area contributed by atoms with Crippen LogP contribution in [0.3, 0.4) is 0 Å². The van der Waals surface area contributed by atoms with Crippen LogP contribution in [0, 0.1) is 5.92 Å². The van der Waals surface area contributed by atoms with Crippen LogP contribution in [0.25, 0.3) is 0 Å². The monoisotopic (exact) mass is 371 g/mol. The van der Waals surface area contributed by atoms with Gasteiger partial charge in [-0.3, -0.25) is 0 Å². The topological polar surface area (TPSA) is 12.5 Å². The number of hydrogen-bond acceptors (Lipinski definition) is 2. The van der Waals surface area contributed by atoms with E-state index in [1.807, 2.05) is 0 Å². The number of rotatable bonds is 8. The molecule has 0 bridgehead atoms. The van der Waals surface area contributed by atoms with Crippen LogP contribution < -0.4 is 0 Å². The van der Waals surface area contributed by atoms with Crippen LogP contribution in [0.2, 0.25) is 0 Å². The van der Waals surface area contributed by atoms with Crippen molar-refractivity contribution in [1.82, 2.24) is 4.90 Å². The largest absolute Gasteiger partial charge is 0.416 e. The highest BCUT2D eigenvalue weighted by Gasteiger charge is 2.31. The maximum absolute atomic E-state index is 12.7. The minimum atomic E-state index is -4.27. The van der Waals surface area contributed by atoms with Gasteiger partial charge in [0.05, 0.1) is 5.56 Å². The van der Waals surface area contributed by atoms with E-state index < -0.39 is 11.7 Å². The van der Waals surface area contributed by atoms with Gasteiger partial charge in [-0.15, -0.1) is 0 Å². The summed E-state index contributed by atoms with van der Waals surface area (Å²) in [5, 5.41) is 0. The van der Waals surface area contributed by atoms with Crippen molar-refractivity contribution in [2.75, 3.05) is 33.4 Å². The molecule has 5 heteroatoms. The second-order valence-electron chi connectivity index (χ2n) is 8.13. The maximum Gasteiger partial charge on any atom is 0.416 e. The standard InChI is InChI=1S/C21H32F3NO/c1-20(2,18-6-8-19(9-7-18)21(22,23)24)12-15-25-13-10-17(11-14-25)5-4-16-26-3/h6-9,17H,4-5,10-16H2,1-3H3. The van der Waals surface area contributed by atoms with E-state index >= 15 is 0 Å². The van der Waals surface area contributed by atoms with Crippen LogP contribution in [0.15, 0.2) is 24.3 Å². The first kappa shape index (κ1) is 21.2. The summed E-state index contributed by atoms with van der Waals surface area (Å²) in [6.45, 7) is 8.34. The van der Waals surface area contributed by atoms with E-state index in [1.54, 1.807) is 19.2 Å². The Morgan fingerprint density at radius 2 is 1.62 bits per heavy atom. The number of ether oxygens (including phenoxy) is 1. The minimum Gasteiger partial charge on any atom is -0.385 e. The molecule has 0 amide bonds. The van der Waals surface area contributed by atoms with Gasteiger partial charge in [-0.2, -0.15) is 13.2 Å². The first-order chi connectivity index (χ1) is 12.2. The van der Waals surface area contributed by atoms with Gasteiger partial charge in [0.2, 0.25) is 0 Å². The van der Waals surface area contributed by atoms with E-state index in [2.05, 4.69) is 18.7 Å². The fourth-order valence-corrected chi connectivity index (χ4v) is 3.71. The average molecular weight is 371 g/mol. The smallest absolute Gasteiger partial charge is 0.385 e. The van der Waals surface area contributed by atoms with E-state index in [0.717, 1.165) is 50.6 Å². The summed E-state index contributed by atoms with van der Waals surface area (Å²) in [5.41, 5.74) is 0.270. The van der Waals surface area contributed by atoms with Crippen molar-refractivity contribution in [1.29, 1.82) is 0 Å².